The van der Waals surface area contributed by atoms with E-state index in [4.69, 9.17) is 11.6 Å². The molecule has 0 saturated carbocycles. The molecule has 0 radical (unpaired) electrons. The SMILES string of the molecule is CCN(C(=O)C(C)c1cccc(C(=O)c2ccccc2)c1)S(=O)(=O)c1c(C)nn(C)c1Cl. The molecular formula is C23H24ClN3O4S. The molecule has 0 aliphatic rings. The standard InChI is InChI=1S/C23H24ClN3O4S/c1-5-27(32(30,31)21-16(3)25-26(4)22(21)24)23(29)15(2)18-12-9-13-19(14-18)20(28)17-10-7-6-8-11-17/h6-15H,5H2,1-4H3. The van der Waals surface area contributed by atoms with Crippen LogP contribution < -0.4 is 0 Å². The number of sulfonamides is 1. The summed E-state index contributed by atoms with van der Waals surface area (Å²) in [4.78, 5) is 25.9. The second-order valence-electron chi connectivity index (χ2n) is 7.38. The highest BCUT2D eigenvalue weighted by atomic mass is 35.5. The zero-order valence-corrected chi connectivity index (χ0v) is 19.8. The van der Waals surface area contributed by atoms with Gasteiger partial charge in [0.2, 0.25) is 5.91 Å². The minimum absolute atomic E-state index is 0.0585. The summed E-state index contributed by atoms with van der Waals surface area (Å²) in [5, 5.41) is 3.99. The number of benzene rings is 2. The normalized spacial score (nSPS) is 12.4. The van der Waals surface area contributed by atoms with Crippen LogP contribution in [0.15, 0.2) is 59.5 Å². The molecule has 32 heavy (non-hydrogen) atoms. The van der Waals surface area contributed by atoms with Crippen LogP contribution in [0.1, 0.15) is 46.9 Å². The molecule has 1 aromatic heterocycles. The zero-order chi connectivity index (χ0) is 23.6. The van der Waals surface area contributed by atoms with Crippen molar-refractivity contribution < 1.29 is 18.0 Å². The van der Waals surface area contributed by atoms with E-state index >= 15 is 0 Å². The topological polar surface area (TPSA) is 89.3 Å². The number of nitrogens with zero attached hydrogens (tertiary/aromatic N) is 3. The Labute approximate surface area is 192 Å². The molecule has 7 nitrogen and oxygen atoms in total. The van der Waals surface area contributed by atoms with Gasteiger partial charge in [0.15, 0.2) is 5.78 Å². The number of hydrogen-bond donors (Lipinski definition) is 0. The van der Waals surface area contributed by atoms with Crippen molar-refractivity contribution >= 4 is 33.3 Å². The minimum atomic E-state index is -4.21. The number of ketones is 1. The lowest BCUT2D eigenvalue weighted by atomic mass is 9.95. The van der Waals surface area contributed by atoms with E-state index in [9.17, 15) is 18.0 Å². The molecule has 168 valence electrons. The molecule has 1 unspecified atom stereocenters. The molecule has 0 N–H and O–H groups in total. The average Bonchev–Trinajstić information content (AvgIpc) is 3.05. The van der Waals surface area contributed by atoms with Crippen LogP contribution in [0.5, 0.6) is 0 Å². The van der Waals surface area contributed by atoms with Crippen LogP contribution in [-0.2, 0) is 21.9 Å². The molecule has 2 aromatic carbocycles. The summed E-state index contributed by atoms with van der Waals surface area (Å²) in [6.07, 6.45) is 0. The molecule has 1 heterocycles. The Kier molecular flexibility index (Phi) is 6.85. The molecule has 0 bridgehead atoms. The van der Waals surface area contributed by atoms with Crippen molar-refractivity contribution in [2.75, 3.05) is 6.54 Å². The number of amides is 1. The van der Waals surface area contributed by atoms with Gasteiger partial charge in [-0.1, -0.05) is 60.1 Å². The molecule has 1 amide bonds. The lowest BCUT2D eigenvalue weighted by Gasteiger charge is -2.24. The number of likely N-dealkylation sites (N-methyl/N-ethyl adjacent to an activating group) is 1. The van der Waals surface area contributed by atoms with Gasteiger partial charge in [-0.25, -0.2) is 12.7 Å². The van der Waals surface area contributed by atoms with E-state index in [1.54, 1.807) is 62.4 Å². The first-order valence-electron chi connectivity index (χ1n) is 10.0. The first-order chi connectivity index (χ1) is 15.1. The van der Waals surface area contributed by atoms with Crippen LogP contribution in [0.25, 0.3) is 0 Å². The van der Waals surface area contributed by atoms with Crippen LogP contribution in [0, 0.1) is 6.92 Å². The number of rotatable bonds is 7. The number of halogens is 1. The number of hydrogen-bond acceptors (Lipinski definition) is 5. The minimum Gasteiger partial charge on any atom is -0.289 e. The fourth-order valence-electron chi connectivity index (χ4n) is 3.52. The van der Waals surface area contributed by atoms with Gasteiger partial charge in [0.1, 0.15) is 10.0 Å². The van der Waals surface area contributed by atoms with E-state index in [1.807, 2.05) is 6.07 Å². The van der Waals surface area contributed by atoms with Crippen molar-refractivity contribution in [3.8, 4) is 0 Å². The van der Waals surface area contributed by atoms with E-state index in [0.717, 1.165) is 4.31 Å². The highest BCUT2D eigenvalue weighted by Gasteiger charge is 2.36. The largest absolute Gasteiger partial charge is 0.289 e. The average molecular weight is 474 g/mol. The van der Waals surface area contributed by atoms with Gasteiger partial charge in [-0.3, -0.25) is 14.3 Å². The van der Waals surface area contributed by atoms with Gasteiger partial charge < -0.3 is 0 Å². The molecule has 0 spiro atoms. The fourth-order valence-corrected chi connectivity index (χ4v) is 5.70. The summed E-state index contributed by atoms with van der Waals surface area (Å²) in [5.74, 6) is -1.59. The molecule has 1 atom stereocenters. The molecular weight excluding hydrogens is 450 g/mol. The third-order valence-corrected chi connectivity index (χ3v) is 7.81. The van der Waals surface area contributed by atoms with E-state index in [0.29, 0.717) is 16.7 Å². The van der Waals surface area contributed by atoms with Crippen LogP contribution in [0.4, 0.5) is 0 Å². The fraction of sp³-hybridized carbons (Fsp3) is 0.261. The summed E-state index contributed by atoms with van der Waals surface area (Å²) in [5.41, 5.74) is 1.71. The molecule has 0 fully saturated rings. The molecule has 0 aliphatic heterocycles. The van der Waals surface area contributed by atoms with Gasteiger partial charge in [-0.05, 0) is 32.4 Å². The summed E-state index contributed by atoms with van der Waals surface area (Å²) in [7, 11) is -2.68. The zero-order valence-electron chi connectivity index (χ0n) is 18.2. The summed E-state index contributed by atoms with van der Waals surface area (Å²) in [6, 6.07) is 15.5. The smallest absolute Gasteiger partial charge is 0.271 e. The second kappa shape index (κ2) is 9.26. The predicted octanol–water partition coefficient (Wildman–Crippen LogP) is 3.95. The predicted molar refractivity (Wildman–Crippen MR) is 122 cm³/mol. The van der Waals surface area contributed by atoms with Crippen molar-refractivity contribution in [2.24, 2.45) is 7.05 Å². The van der Waals surface area contributed by atoms with Crippen molar-refractivity contribution in [3.05, 3.63) is 82.1 Å². The van der Waals surface area contributed by atoms with Gasteiger partial charge in [0.05, 0.1) is 11.6 Å². The monoisotopic (exact) mass is 473 g/mol. The lowest BCUT2D eigenvalue weighted by Crippen LogP contribution is -2.39. The lowest BCUT2D eigenvalue weighted by molar-refractivity contribution is -0.127. The molecule has 3 aromatic rings. The quantitative estimate of drug-likeness (QED) is 0.484. The number of carbonyl (C=O) groups excluding carboxylic acids is 2. The summed E-state index contributed by atoms with van der Waals surface area (Å²) < 4.78 is 28.6. The van der Waals surface area contributed by atoms with Crippen molar-refractivity contribution in [3.63, 3.8) is 0 Å². The van der Waals surface area contributed by atoms with Gasteiger partial charge in [-0.2, -0.15) is 5.10 Å². The van der Waals surface area contributed by atoms with Crippen molar-refractivity contribution in [1.82, 2.24) is 14.1 Å². The number of aryl methyl sites for hydroxylation is 2. The van der Waals surface area contributed by atoms with Crippen LogP contribution in [0.3, 0.4) is 0 Å². The number of carbonyl (C=O) groups is 2. The Balaban J connectivity index is 1.94. The maximum Gasteiger partial charge on any atom is 0.271 e. The molecule has 0 saturated heterocycles. The van der Waals surface area contributed by atoms with Crippen molar-refractivity contribution in [1.29, 1.82) is 0 Å². The third kappa shape index (κ3) is 4.33. The highest BCUT2D eigenvalue weighted by molar-refractivity contribution is 7.89. The van der Waals surface area contributed by atoms with Gasteiger partial charge in [0, 0.05) is 24.7 Å². The Morgan fingerprint density at radius 1 is 1.09 bits per heavy atom. The van der Waals surface area contributed by atoms with E-state index in [2.05, 4.69) is 5.10 Å². The summed E-state index contributed by atoms with van der Waals surface area (Å²) in [6.45, 7) is 4.65. The second-order valence-corrected chi connectivity index (χ2v) is 9.54. The van der Waals surface area contributed by atoms with Gasteiger partial charge in [-0.15, -0.1) is 0 Å². The molecule has 0 aliphatic carbocycles. The van der Waals surface area contributed by atoms with Gasteiger partial charge in [0.25, 0.3) is 10.0 Å². The van der Waals surface area contributed by atoms with Gasteiger partial charge >= 0.3 is 0 Å². The Bertz CT molecular complexity index is 1270. The van der Waals surface area contributed by atoms with Crippen molar-refractivity contribution in [2.45, 2.75) is 31.6 Å². The Morgan fingerprint density at radius 2 is 1.72 bits per heavy atom. The number of aromatic nitrogens is 2. The Morgan fingerprint density at radius 3 is 2.28 bits per heavy atom. The van der Waals surface area contributed by atoms with Crippen LogP contribution in [0.2, 0.25) is 5.15 Å². The van der Waals surface area contributed by atoms with E-state index in [-0.39, 0.29) is 28.1 Å². The van der Waals surface area contributed by atoms with Crippen LogP contribution in [-0.4, -0.2) is 40.7 Å². The molecule has 3 rings (SSSR count). The highest BCUT2D eigenvalue weighted by Crippen LogP contribution is 2.30. The van der Waals surface area contributed by atoms with Crippen LogP contribution >= 0.6 is 11.6 Å². The van der Waals surface area contributed by atoms with E-state index in [1.165, 1.54) is 18.7 Å². The maximum atomic E-state index is 13.3. The first-order valence-corrected chi connectivity index (χ1v) is 11.9. The Hall–Kier alpha value is -2.97. The maximum absolute atomic E-state index is 13.3. The first kappa shape index (κ1) is 23.7. The summed E-state index contributed by atoms with van der Waals surface area (Å²) >= 11 is 6.16. The van der Waals surface area contributed by atoms with E-state index < -0.39 is 21.8 Å². The third-order valence-electron chi connectivity index (χ3n) is 5.24. The molecule has 9 heteroatoms.